The number of fused-ring (bicyclic) bond motifs is 1. The maximum Gasteiger partial charge on any atom is 0.256 e. The van der Waals surface area contributed by atoms with E-state index in [1.807, 2.05) is 55.5 Å². The third-order valence-corrected chi connectivity index (χ3v) is 5.03. The number of carbonyl (C=O) groups excluding carboxylic acids is 1. The van der Waals surface area contributed by atoms with Gasteiger partial charge in [-0.05, 0) is 60.5 Å². The number of H-pyrrole nitrogens is 1. The van der Waals surface area contributed by atoms with E-state index in [0.29, 0.717) is 11.5 Å². The monoisotopic (exact) mass is 411 g/mol. The lowest BCUT2D eigenvalue weighted by atomic mass is 10.0. The Morgan fingerprint density at radius 2 is 2.03 bits per heavy atom. The number of nitrogens with one attached hydrogen (secondary N) is 2. The lowest BCUT2D eigenvalue weighted by Crippen LogP contribution is -2.23. The van der Waals surface area contributed by atoms with E-state index in [1.54, 1.807) is 19.4 Å². The summed E-state index contributed by atoms with van der Waals surface area (Å²) in [6.45, 7) is 5.42. The van der Waals surface area contributed by atoms with Crippen LogP contribution in [0.25, 0.3) is 22.0 Å². The Kier molecular flexibility index (Phi) is 5.32. The Balaban J connectivity index is 1.63. The lowest BCUT2D eigenvalue weighted by Gasteiger charge is -2.16. The number of aromatic nitrogens is 3. The van der Waals surface area contributed by atoms with Crippen molar-refractivity contribution in [3.63, 3.8) is 0 Å². The summed E-state index contributed by atoms with van der Waals surface area (Å²) in [5, 5.41) is 4.00. The summed E-state index contributed by atoms with van der Waals surface area (Å²) in [6.07, 6.45) is 4.63. The molecule has 7 heteroatoms. The van der Waals surface area contributed by atoms with Crippen LogP contribution < -0.4 is 15.8 Å². The number of anilines is 3. The fraction of sp³-hybridized carbons (Fsp3) is 0.0833. The number of hydrogen-bond donors (Lipinski definition) is 2. The zero-order valence-electron chi connectivity index (χ0n) is 17.2. The topological polar surface area (TPSA) is 91.0 Å². The summed E-state index contributed by atoms with van der Waals surface area (Å²) >= 11 is 0. The van der Waals surface area contributed by atoms with E-state index in [-0.39, 0.29) is 11.5 Å². The van der Waals surface area contributed by atoms with E-state index >= 15 is 0 Å². The van der Waals surface area contributed by atoms with Crippen molar-refractivity contribution in [2.75, 3.05) is 17.3 Å². The first-order valence-corrected chi connectivity index (χ1v) is 9.69. The minimum Gasteiger partial charge on any atom is -0.329 e. The molecule has 0 radical (unpaired) electrons. The minimum atomic E-state index is -0.192. The molecule has 7 nitrogen and oxygen atoms in total. The van der Waals surface area contributed by atoms with E-state index in [9.17, 15) is 9.59 Å². The van der Waals surface area contributed by atoms with Crippen LogP contribution >= 0.6 is 0 Å². The van der Waals surface area contributed by atoms with Crippen LogP contribution in [0.4, 0.5) is 17.3 Å². The zero-order chi connectivity index (χ0) is 22.0. The molecule has 0 aliphatic rings. The van der Waals surface area contributed by atoms with Crippen molar-refractivity contribution in [3.05, 3.63) is 89.5 Å². The van der Waals surface area contributed by atoms with Gasteiger partial charge in [0.25, 0.3) is 5.56 Å². The van der Waals surface area contributed by atoms with Crippen LogP contribution in [-0.2, 0) is 4.79 Å². The predicted octanol–water partition coefficient (Wildman–Crippen LogP) is 4.19. The number of amides is 1. The maximum absolute atomic E-state index is 12.2. The molecule has 154 valence electrons. The molecule has 0 spiro atoms. The van der Waals surface area contributed by atoms with Crippen molar-refractivity contribution in [2.45, 2.75) is 6.92 Å². The number of carbonyl (C=O) groups is 1. The lowest BCUT2D eigenvalue weighted by molar-refractivity contribution is -0.113. The summed E-state index contributed by atoms with van der Waals surface area (Å²) in [6, 6.07) is 14.9. The molecule has 0 unspecified atom stereocenters. The first kappa shape index (κ1) is 20.0. The third-order valence-electron chi connectivity index (χ3n) is 5.03. The van der Waals surface area contributed by atoms with E-state index in [1.165, 1.54) is 11.0 Å². The molecule has 2 heterocycles. The number of aryl methyl sites for hydroxylation is 1. The third kappa shape index (κ3) is 4.06. The van der Waals surface area contributed by atoms with Gasteiger partial charge in [0.05, 0.1) is 5.52 Å². The first-order chi connectivity index (χ1) is 15.0. The number of rotatable bonds is 5. The molecule has 31 heavy (non-hydrogen) atoms. The summed E-state index contributed by atoms with van der Waals surface area (Å²) in [4.78, 5) is 37.3. The normalized spacial score (nSPS) is 10.6. The van der Waals surface area contributed by atoms with Crippen LogP contribution in [0.2, 0.25) is 0 Å². The number of benzene rings is 2. The van der Waals surface area contributed by atoms with Gasteiger partial charge in [0, 0.05) is 41.8 Å². The van der Waals surface area contributed by atoms with Gasteiger partial charge < -0.3 is 15.2 Å². The SMILES string of the molecule is C=CC(=O)N(C)c1cccc(Nc2ncc3cc(-c4c(C)cc[nH]c4=O)ccc3n2)c1. The molecule has 4 aromatic rings. The Labute approximate surface area is 179 Å². The molecule has 2 aromatic carbocycles. The van der Waals surface area contributed by atoms with Crippen molar-refractivity contribution >= 4 is 34.1 Å². The van der Waals surface area contributed by atoms with Gasteiger partial charge in [-0.1, -0.05) is 18.7 Å². The Hall–Kier alpha value is -4.26. The predicted molar refractivity (Wildman–Crippen MR) is 124 cm³/mol. The number of nitrogens with zero attached hydrogens (tertiary/aromatic N) is 3. The summed E-state index contributed by atoms with van der Waals surface area (Å²) in [5.74, 6) is 0.242. The smallest absolute Gasteiger partial charge is 0.256 e. The maximum atomic E-state index is 12.2. The molecular formula is C24H21N5O2. The van der Waals surface area contributed by atoms with Crippen LogP contribution in [0.15, 0.2) is 78.4 Å². The van der Waals surface area contributed by atoms with Gasteiger partial charge in [-0.15, -0.1) is 0 Å². The summed E-state index contributed by atoms with van der Waals surface area (Å²) in [5.41, 5.74) is 4.47. The largest absolute Gasteiger partial charge is 0.329 e. The van der Waals surface area contributed by atoms with E-state index in [4.69, 9.17) is 0 Å². The molecule has 0 saturated heterocycles. The Morgan fingerprint density at radius 3 is 2.81 bits per heavy atom. The fourth-order valence-corrected chi connectivity index (χ4v) is 3.37. The molecule has 0 bridgehead atoms. The highest BCUT2D eigenvalue weighted by atomic mass is 16.2. The second kappa shape index (κ2) is 8.23. The van der Waals surface area contributed by atoms with Crippen molar-refractivity contribution in [3.8, 4) is 11.1 Å². The second-order valence-corrected chi connectivity index (χ2v) is 7.11. The highest BCUT2D eigenvalue weighted by Gasteiger charge is 2.10. The van der Waals surface area contributed by atoms with Gasteiger partial charge in [0.1, 0.15) is 0 Å². The molecule has 0 aliphatic heterocycles. The molecule has 2 N–H and O–H groups in total. The van der Waals surface area contributed by atoms with E-state index < -0.39 is 0 Å². The molecule has 2 aromatic heterocycles. The number of hydrogen-bond acceptors (Lipinski definition) is 5. The molecule has 0 fully saturated rings. The molecule has 0 aliphatic carbocycles. The van der Waals surface area contributed by atoms with E-state index in [2.05, 4.69) is 26.8 Å². The van der Waals surface area contributed by atoms with Crippen molar-refractivity contribution in [1.29, 1.82) is 0 Å². The standard InChI is InChI=1S/C24H21N5O2/c1-4-21(30)29(3)19-7-5-6-18(13-19)27-24-26-14-17-12-16(8-9-20(17)28-24)22-15(2)10-11-25-23(22)31/h4-14H,1H2,2-3H3,(H,25,31)(H,26,27,28). The van der Waals surface area contributed by atoms with Crippen molar-refractivity contribution < 1.29 is 4.79 Å². The van der Waals surface area contributed by atoms with Gasteiger partial charge in [0.2, 0.25) is 11.9 Å². The summed E-state index contributed by atoms with van der Waals surface area (Å²) < 4.78 is 0. The van der Waals surface area contributed by atoms with E-state index in [0.717, 1.165) is 33.4 Å². The van der Waals surface area contributed by atoms with Crippen molar-refractivity contribution in [2.24, 2.45) is 0 Å². The Morgan fingerprint density at radius 1 is 1.19 bits per heavy atom. The molecular weight excluding hydrogens is 390 g/mol. The van der Waals surface area contributed by atoms with Crippen molar-refractivity contribution in [1.82, 2.24) is 15.0 Å². The average Bonchev–Trinajstić information content (AvgIpc) is 2.78. The summed E-state index contributed by atoms with van der Waals surface area (Å²) in [7, 11) is 1.69. The van der Waals surface area contributed by atoms with Crippen LogP contribution in [0.5, 0.6) is 0 Å². The molecule has 0 saturated carbocycles. The van der Waals surface area contributed by atoms with Gasteiger partial charge in [-0.25, -0.2) is 9.97 Å². The number of aromatic amines is 1. The molecule has 0 atom stereocenters. The quantitative estimate of drug-likeness (QED) is 0.481. The van der Waals surface area contributed by atoms with Crippen LogP contribution in [0.3, 0.4) is 0 Å². The number of pyridine rings is 1. The first-order valence-electron chi connectivity index (χ1n) is 9.69. The van der Waals surface area contributed by atoms with Gasteiger partial charge in [0.15, 0.2) is 0 Å². The van der Waals surface area contributed by atoms with Gasteiger partial charge >= 0.3 is 0 Å². The Bertz CT molecular complexity index is 1360. The average molecular weight is 411 g/mol. The molecule has 1 amide bonds. The molecule has 4 rings (SSSR count). The fourth-order valence-electron chi connectivity index (χ4n) is 3.37. The van der Waals surface area contributed by atoms with Gasteiger partial charge in [-0.3, -0.25) is 9.59 Å². The van der Waals surface area contributed by atoms with Crippen LogP contribution in [-0.4, -0.2) is 27.9 Å². The minimum absolute atomic E-state index is 0.127. The van der Waals surface area contributed by atoms with Crippen LogP contribution in [0, 0.1) is 6.92 Å². The second-order valence-electron chi connectivity index (χ2n) is 7.11. The van der Waals surface area contributed by atoms with Gasteiger partial charge in [-0.2, -0.15) is 0 Å². The highest BCUT2D eigenvalue weighted by molar-refractivity contribution is 6.00. The highest BCUT2D eigenvalue weighted by Crippen LogP contribution is 2.25. The zero-order valence-corrected chi connectivity index (χ0v) is 17.2. The number of likely N-dealkylation sites (N-methyl/N-ethyl adjacent to an activating group) is 1. The van der Waals surface area contributed by atoms with Crippen LogP contribution in [0.1, 0.15) is 5.56 Å².